The van der Waals surface area contributed by atoms with Gasteiger partial charge in [-0.3, -0.25) is 9.69 Å². The molecule has 1 amide bonds. The molecule has 0 aromatic carbocycles. The third kappa shape index (κ3) is 2.90. The molecule has 0 bridgehead atoms. The Hall–Kier alpha value is -1.25. The third-order valence-corrected chi connectivity index (χ3v) is 3.48. The number of carbonyl (C=O) groups is 1. The van der Waals surface area contributed by atoms with Gasteiger partial charge in [-0.25, -0.2) is 0 Å². The molecule has 1 aliphatic rings. The van der Waals surface area contributed by atoms with Crippen molar-refractivity contribution in [2.24, 2.45) is 5.92 Å². The van der Waals surface area contributed by atoms with Crippen LogP contribution in [0.15, 0.2) is 22.8 Å². The molecular formula is C14H21NO2. The minimum Gasteiger partial charge on any atom is -0.448 e. The van der Waals surface area contributed by atoms with Crippen LogP contribution in [0.5, 0.6) is 0 Å². The molecule has 1 heterocycles. The Balaban J connectivity index is 2.06. The zero-order chi connectivity index (χ0) is 12.1. The van der Waals surface area contributed by atoms with Crippen LogP contribution in [0.1, 0.15) is 45.4 Å². The molecule has 3 nitrogen and oxygen atoms in total. The largest absolute Gasteiger partial charge is 0.448 e. The average Bonchev–Trinajstić information content (AvgIpc) is 3.02. The molecule has 1 saturated carbocycles. The minimum atomic E-state index is 0.219. The van der Waals surface area contributed by atoms with Crippen LogP contribution in [0.3, 0.4) is 0 Å². The predicted octanol–water partition coefficient (Wildman–Crippen LogP) is 3.60. The second-order valence-corrected chi connectivity index (χ2v) is 4.78. The Kier molecular flexibility index (Phi) is 4.24. The van der Waals surface area contributed by atoms with Crippen molar-refractivity contribution in [3.8, 4) is 0 Å². The van der Waals surface area contributed by atoms with Crippen LogP contribution in [0, 0.1) is 5.92 Å². The van der Waals surface area contributed by atoms with Crippen molar-refractivity contribution in [3.05, 3.63) is 18.4 Å². The van der Waals surface area contributed by atoms with E-state index in [1.807, 2.05) is 17.0 Å². The Morgan fingerprint density at radius 2 is 2.24 bits per heavy atom. The van der Waals surface area contributed by atoms with Crippen LogP contribution in [0.2, 0.25) is 0 Å². The minimum absolute atomic E-state index is 0.219. The quantitative estimate of drug-likeness (QED) is 0.781. The van der Waals surface area contributed by atoms with E-state index in [0.29, 0.717) is 5.88 Å². The molecule has 3 heteroatoms. The van der Waals surface area contributed by atoms with Gasteiger partial charge >= 0.3 is 0 Å². The van der Waals surface area contributed by atoms with Gasteiger partial charge in [0.2, 0.25) is 11.8 Å². The molecule has 1 aliphatic carbocycles. The SMILES string of the molecule is CCCCN(C(=O)C1CCCC1)c1ccco1. The summed E-state index contributed by atoms with van der Waals surface area (Å²) >= 11 is 0. The number of nitrogens with zero attached hydrogens (tertiary/aromatic N) is 1. The van der Waals surface area contributed by atoms with Crippen LogP contribution >= 0.6 is 0 Å². The fourth-order valence-corrected chi connectivity index (χ4v) is 2.46. The molecule has 1 fully saturated rings. The number of hydrogen-bond acceptors (Lipinski definition) is 2. The summed E-state index contributed by atoms with van der Waals surface area (Å²) in [4.78, 5) is 14.2. The van der Waals surface area contributed by atoms with Gasteiger partial charge in [-0.2, -0.15) is 0 Å². The van der Waals surface area contributed by atoms with Gasteiger partial charge in [-0.05, 0) is 25.3 Å². The van der Waals surface area contributed by atoms with Crippen molar-refractivity contribution >= 4 is 11.8 Å². The second kappa shape index (κ2) is 5.89. The second-order valence-electron chi connectivity index (χ2n) is 4.78. The zero-order valence-electron chi connectivity index (χ0n) is 10.5. The smallest absolute Gasteiger partial charge is 0.232 e. The molecule has 0 spiro atoms. The van der Waals surface area contributed by atoms with Crippen LogP contribution < -0.4 is 4.90 Å². The lowest BCUT2D eigenvalue weighted by atomic mass is 10.1. The Morgan fingerprint density at radius 1 is 1.47 bits per heavy atom. The Bertz CT molecular complexity index is 339. The van der Waals surface area contributed by atoms with Gasteiger partial charge in [0.25, 0.3) is 0 Å². The normalized spacial score (nSPS) is 16.3. The van der Waals surface area contributed by atoms with E-state index in [0.717, 1.165) is 32.2 Å². The van der Waals surface area contributed by atoms with Crippen molar-refractivity contribution in [2.45, 2.75) is 45.4 Å². The maximum Gasteiger partial charge on any atom is 0.232 e. The first-order valence-electron chi connectivity index (χ1n) is 6.68. The summed E-state index contributed by atoms with van der Waals surface area (Å²) in [6.45, 7) is 2.92. The molecule has 1 aromatic rings. The summed E-state index contributed by atoms with van der Waals surface area (Å²) in [5, 5.41) is 0. The van der Waals surface area contributed by atoms with Gasteiger partial charge in [0.1, 0.15) is 0 Å². The lowest BCUT2D eigenvalue weighted by Gasteiger charge is -2.23. The van der Waals surface area contributed by atoms with Gasteiger partial charge in [-0.15, -0.1) is 0 Å². The first-order valence-corrected chi connectivity index (χ1v) is 6.68. The summed E-state index contributed by atoms with van der Waals surface area (Å²) < 4.78 is 5.38. The fourth-order valence-electron chi connectivity index (χ4n) is 2.46. The maximum atomic E-state index is 12.4. The predicted molar refractivity (Wildman–Crippen MR) is 67.9 cm³/mol. The summed E-state index contributed by atoms with van der Waals surface area (Å²) in [7, 11) is 0. The van der Waals surface area contributed by atoms with Crippen LogP contribution in [-0.2, 0) is 4.79 Å². The highest BCUT2D eigenvalue weighted by Gasteiger charge is 2.28. The summed E-state index contributed by atoms with van der Waals surface area (Å²) in [5.41, 5.74) is 0. The van der Waals surface area contributed by atoms with Gasteiger partial charge in [0.15, 0.2) is 0 Å². The van der Waals surface area contributed by atoms with E-state index in [1.165, 1.54) is 12.8 Å². The molecule has 0 aliphatic heterocycles. The molecule has 1 aromatic heterocycles. The molecule has 17 heavy (non-hydrogen) atoms. The van der Waals surface area contributed by atoms with Gasteiger partial charge in [0, 0.05) is 18.5 Å². The number of hydrogen-bond donors (Lipinski definition) is 0. The van der Waals surface area contributed by atoms with Gasteiger partial charge < -0.3 is 4.42 Å². The maximum absolute atomic E-state index is 12.4. The van der Waals surface area contributed by atoms with E-state index < -0.39 is 0 Å². The van der Waals surface area contributed by atoms with Crippen molar-refractivity contribution in [1.29, 1.82) is 0 Å². The summed E-state index contributed by atoms with van der Waals surface area (Å²) in [5.74, 6) is 1.18. The highest BCUT2D eigenvalue weighted by atomic mass is 16.3. The lowest BCUT2D eigenvalue weighted by molar-refractivity contribution is -0.122. The number of furan rings is 1. The molecular weight excluding hydrogens is 214 g/mol. The van der Waals surface area contributed by atoms with E-state index in [1.54, 1.807) is 6.26 Å². The number of unbranched alkanes of at least 4 members (excludes halogenated alkanes) is 1. The Morgan fingerprint density at radius 3 is 2.82 bits per heavy atom. The molecule has 0 radical (unpaired) electrons. The molecule has 0 unspecified atom stereocenters. The Labute approximate surface area is 103 Å². The van der Waals surface area contributed by atoms with E-state index in [-0.39, 0.29) is 11.8 Å². The third-order valence-electron chi connectivity index (χ3n) is 3.48. The van der Waals surface area contributed by atoms with E-state index >= 15 is 0 Å². The van der Waals surface area contributed by atoms with Crippen LogP contribution in [0.25, 0.3) is 0 Å². The standard InChI is InChI=1S/C14H21NO2/c1-2-3-10-15(13-9-6-11-17-13)14(16)12-7-4-5-8-12/h6,9,11-12H,2-5,7-8,10H2,1H3. The molecule has 0 saturated heterocycles. The summed E-state index contributed by atoms with van der Waals surface area (Å²) in [6.07, 6.45) is 8.22. The van der Waals surface area contributed by atoms with Gasteiger partial charge in [-0.1, -0.05) is 26.2 Å². The molecule has 94 valence electrons. The van der Waals surface area contributed by atoms with E-state index in [2.05, 4.69) is 6.92 Å². The average molecular weight is 235 g/mol. The fraction of sp³-hybridized carbons (Fsp3) is 0.643. The van der Waals surface area contributed by atoms with E-state index in [9.17, 15) is 4.79 Å². The number of amides is 1. The van der Waals surface area contributed by atoms with E-state index in [4.69, 9.17) is 4.42 Å². The van der Waals surface area contributed by atoms with Crippen LogP contribution in [-0.4, -0.2) is 12.5 Å². The lowest BCUT2D eigenvalue weighted by Crippen LogP contribution is -2.35. The highest BCUT2D eigenvalue weighted by molar-refractivity contribution is 5.93. The van der Waals surface area contributed by atoms with Crippen molar-refractivity contribution < 1.29 is 9.21 Å². The zero-order valence-corrected chi connectivity index (χ0v) is 10.5. The molecule has 0 atom stereocenters. The summed E-state index contributed by atoms with van der Waals surface area (Å²) in [6, 6.07) is 3.72. The molecule has 0 N–H and O–H groups in total. The highest BCUT2D eigenvalue weighted by Crippen LogP contribution is 2.29. The number of rotatable bonds is 5. The van der Waals surface area contributed by atoms with Crippen molar-refractivity contribution in [3.63, 3.8) is 0 Å². The van der Waals surface area contributed by atoms with Crippen molar-refractivity contribution in [2.75, 3.05) is 11.4 Å². The van der Waals surface area contributed by atoms with Crippen molar-refractivity contribution in [1.82, 2.24) is 0 Å². The molecule has 2 rings (SSSR count). The van der Waals surface area contributed by atoms with Crippen LogP contribution in [0.4, 0.5) is 5.88 Å². The first-order chi connectivity index (χ1) is 8.33. The number of anilines is 1. The monoisotopic (exact) mass is 235 g/mol. The first kappa shape index (κ1) is 12.2. The van der Waals surface area contributed by atoms with Gasteiger partial charge in [0.05, 0.1) is 6.26 Å². The number of carbonyl (C=O) groups excluding carboxylic acids is 1. The topological polar surface area (TPSA) is 33.5 Å².